The van der Waals surface area contributed by atoms with Gasteiger partial charge < -0.3 is 39.2 Å². The van der Waals surface area contributed by atoms with Crippen LogP contribution in [0.3, 0.4) is 0 Å². The minimum absolute atomic E-state index is 0.0711. The Hall–Kier alpha value is -6.55. The van der Waals surface area contributed by atoms with Crippen LogP contribution in [0.1, 0.15) is 82.4 Å². The number of hydrogen-bond acceptors (Lipinski definition) is 13. The Morgan fingerprint density at radius 3 is 1.88 bits per heavy atom. The number of esters is 1. The summed E-state index contributed by atoms with van der Waals surface area (Å²) in [7, 11) is 3.88. The van der Waals surface area contributed by atoms with E-state index < -0.39 is 17.2 Å². The van der Waals surface area contributed by atoms with Gasteiger partial charge in [-0.25, -0.2) is 14.8 Å². The molecule has 0 amide bonds. The molecule has 6 aromatic rings. The number of Topliss-reactive ketones (excluding diaryl/α,β-unsaturated/α-hetero) is 1. The highest BCUT2D eigenvalue weighted by molar-refractivity contribution is 6.00. The summed E-state index contributed by atoms with van der Waals surface area (Å²) in [6.07, 6.45) is 1.40. The fraction of sp³-hybridized carbons (Fsp3) is 0.311. The van der Waals surface area contributed by atoms with Gasteiger partial charge in [0.25, 0.3) is 11.1 Å². The number of aromatic hydroxyl groups is 2. The number of ether oxygens (including phenoxy) is 1. The van der Waals surface area contributed by atoms with Crippen molar-refractivity contribution in [3.63, 3.8) is 0 Å². The van der Waals surface area contributed by atoms with Crippen LogP contribution >= 0.6 is 0 Å². The van der Waals surface area contributed by atoms with E-state index in [1.165, 1.54) is 10.6 Å². The number of rotatable bonds is 5. The van der Waals surface area contributed by atoms with Crippen molar-refractivity contribution in [3.8, 4) is 34.3 Å². The Morgan fingerprint density at radius 1 is 0.750 bits per heavy atom. The van der Waals surface area contributed by atoms with Crippen LogP contribution in [0, 0.1) is 0 Å². The van der Waals surface area contributed by atoms with Gasteiger partial charge in [-0.3, -0.25) is 19.2 Å². The molecule has 0 saturated heterocycles. The molecule has 4 aliphatic rings. The molecule has 3 aliphatic heterocycles. The zero-order chi connectivity index (χ0) is 42.6. The third-order valence-corrected chi connectivity index (χ3v) is 12.5. The van der Waals surface area contributed by atoms with Gasteiger partial charge in [-0.15, -0.1) is 0 Å². The van der Waals surface area contributed by atoms with Crippen LogP contribution in [0.4, 0.5) is 0 Å². The van der Waals surface area contributed by atoms with Crippen molar-refractivity contribution in [2.75, 3.05) is 14.1 Å². The van der Waals surface area contributed by atoms with Gasteiger partial charge in [0, 0.05) is 57.1 Å². The van der Waals surface area contributed by atoms with Gasteiger partial charge in [0.1, 0.15) is 23.7 Å². The number of nitrogens with zero attached hydrogens (tertiary/aromatic N) is 5. The van der Waals surface area contributed by atoms with E-state index in [0.717, 1.165) is 22.0 Å². The monoisotopic (exact) mass is 811 g/mol. The van der Waals surface area contributed by atoms with E-state index in [2.05, 4.69) is 4.98 Å². The van der Waals surface area contributed by atoms with Crippen LogP contribution in [-0.2, 0) is 58.2 Å². The van der Waals surface area contributed by atoms with Crippen LogP contribution in [-0.4, -0.2) is 76.6 Å². The topological polar surface area (TPSA) is 214 Å². The van der Waals surface area contributed by atoms with E-state index in [9.17, 15) is 44.4 Å². The number of phenols is 2. The molecule has 10 rings (SSSR count). The molecule has 0 fully saturated rings. The largest absolute Gasteiger partial charge is 0.508 e. The molecule has 0 bridgehead atoms. The lowest BCUT2D eigenvalue weighted by molar-refractivity contribution is -0.172. The zero-order valence-electron chi connectivity index (χ0n) is 33.3. The maximum atomic E-state index is 13.3. The van der Waals surface area contributed by atoms with Crippen molar-refractivity contribution < 1.29 is 39.5 Å². The van der Waals surface area contributed by atoms with E-state index in [1.807, 2.05) is 25.1 Å². The second kappa shape index (κ2) is 13.8. The van der Waals surface area contributed by atoms with Crippen LogP contribution in [0.25, 0.3) is 44.6 Å². The maximum Gasteiger partial charge on any atom is 0.343 e. The van der Waals surface area contributed by atoms with Crippen LogP contribution in [0.2, 0.25) is 0 Å². The molecule has 0 saturated carbocycles. The first-order chi connectivity index (χ1) is 28.6. The number of ketones is 1. The van der Waals surface area contributed by atoms with Crippen molar-refractivity contribution in [1.82, 2.24) is 24.0 Å². The van der Waals surface area contributed by atoms with Gasteiger partial charge in [-0.2, -0.15) is 0 Å². The minimum atomic E-state index is -1.88. The minimum Gasteiger partial charge on any atom is -0.508 e. The van der Waals surface area contributed by atoms with E-state index in [0.29, 0.717) is 76.2 Å². The average molecular weight is 812 g/mol. The van der Waals surface area contributed by atoms with E-state index in [1.54, 1.807) is 54.8 Å². The van der Waals surface area contributed by atoms with E-state index in [-0.39, 0.29) is 77.5 Å². The van der Waals surface area contributed by atoms with Gasteiger partial charge in [-0.1, -0.05) is 13.8 Å². The molecule has 1 aliphatic carbocycles. The number of benzene rings is 2. The van der Waals surface area contributed by atoms with Crippen molar-refractivity contribution in [2.45, 2.75) is 77.0 Å². The summed E-state index contributed by atoms with van der Waals surface area (Å²) in [6.45, 7) is 4.40. The molecule has 0 spiro atoms. The Morgan fingerprint density at radius 2 is 1.30 bits per heavy atom. The lowest BCUT2D eigenvalue weighted by atomic mass is 9.77. The Kier molecular flexibility index (Phi) is 8.93. The quantitative estimate of drug-likeness (QED) is 0.144. The number of pyridine rings is 4. The first kappa shape index (κ1) is 38.9. The Labute approximate surface area is 341 Å². The molecule has 306 valence electrons. The summed E-state index contributed by atoms with van der Waals surface area (Å²) in [5.41, 5.74) is 3.55. The standard InChI is InChI=1S/C24H25N3O4.C21H16N2O6/c1-4-24(31)17-10-19-22-13(11-27(19)23(30)14(17)5-8-21(24)29)9-15-16(12-26(2)3)20(28)7-6-18(15)25-22;1-2-21(28)14-6-16-18-10(7-23(16)19(26)13(14)9-29-20(21)27)5-11-12(8-24)17(25)4-3-15(11)22-18/h6-7,9-10,28,31H,4-5,8,11-12H2,1-3H3;3-6,8,25,28H,2,7,9H2,1H3/t24-;21-/m00/s1. The first-order valence-electron chi connectivity index (χ1n) is 19.7. The molecule has 15 heteroatoms. The smallest absolute Gasteiger partial charge is 0.343 e. The van der Waals surface area contributed by atoms with Gasteiger partial charge in [-0.05, 0) is 81.9 Å². The predicted molar refractivity (Wildman–Crippen MR) is 219 cm³/mol. The summed E-state index contributed by atoms with van der Waals surface area (Å²) in [5.74, 6) is -0.924. The average Bonchev–Trinajstić information content (AvgIpc) is 3.78. The molecule has 2 atom stereocenters. The third kappa shape index (κ3) is 5.56. The second-order valence-electron chi connectivity index (χ2n) is 16.1. The van der Waals surface area contributed by atoms with Gasteiger partial charge >= 0.3 is 5.97 Å². The highest BCUT2D eigenvalue weighted by Gasteiger charge is 2.46. The fourth-order valence-electron chi connectivity index (χ4n) is 9.15. The number of aldehydes is 1. The molecule has 0 radical (unpaired) electrons. The summed E-state index contributed by atoms with van der Waals surface area (Å²) in [6, 6.07) is 13.6. The van der Waals surface area contributed by atoms with Gasteiger partial charge in [0.05, 0.1) is 58.0 Å². The number of carbonyl (C=O) groups is 3. The number of phenolic OH excluding ortho intramolecular Hbond substituents is 2. The molecule has 4 N–H and O–H groups in total. The van der Waals surface area contributed by atoms with E-state index >= 15 is 0 Å². The van der Waals surface area contributed by atoms with E-state index in [4.69, 9.17) is 9.72 Å². The number of carbonyl (C=O) groups excluding carboxylic acids is 3. The molecule has 15 nitrogen and oxygen atoms in total. The summed E-state index contributed by atoms with van der Waals surface area (Å²) >= 11 is 0. The number of hydrogen-bond donors (Lipinski definition) is 4. The molecule has 4 aromatic heterocycles. The Balaban J connectivity index is 0.000000154. The molecular formula is C45H41N5O10. The molecule has 60 heavy (non-hydrogen) atoms. The summed E-state index contributed by atoms with van der Waals surface area (Å²) in [4.78, 5) is 73.9. The van der Waals surface area contributed by atoms with Crippen molar-refractivity contribution >= 4 is 39.8 Å². The third-order valence-electron chi connectivity index (χ3n) is 12.5. The fourth-order valence-corrected chi connectivity index (χ4v) is 9.15. The van der Waals surface area contributed by atoms with Crippen LogP contribution in [0.15, 0.2) is 58.1 Å². The van der Waals surface area contributed by atoms with Crippen molar-refractivity contribution in [1.29, 1.82) is 0 Å². The summed E-state index contributed by atoms with van der Waals surface area (Å²) < 4.78 is 8.26. The number of aliphatic hydroxyl groups is 2. The highest BCUT2D eigenvalue weighted by Crippen LogP contribution is 2.42. The highest BCUT2D eigenvalue weighted by atomic mass is 16.6. The van der Waals surface area contributed by atoms with Crippen molar-refractivity contribution in [3.05, 3.63) is 114 Å². The van der Waals surface area contributed by atoms with Crippen molar-refractivity contribution in [2.24, 2.45) is 0 Å². The lowest BCUT2D eigenvalue weighted by Crippen LogP contribution is -2.44. The molecular weight excluding hydrogens is 771 g/mol. The lowest BCUT2D eigenvalue weighted by Gasteiger charge is -2.32. The second-order valence-corrected chi connectivity index (χ2v) is 16.1. The SMILES string of the molecule is CC[C@@]1(O)C(=O)CCc2c1cc1n(c2=O)Cc2cc3c(CN(C)C)c(O)ccc3nc2-1.CC[C@@]1(O)C(=O)OCc2c1cc1n(c2=O)Cc2cc3c(C=O)c(O)ccc3nc2-1. The normalized spacial score (nSPS) is 19.5. The summed E-state index contributed by atoms with van der Waals surface area (Å²) in [5, 5.41) is 43.6. The first-order valence-corrected chi connectivity index (χ1v) is 19.7. The number of fused-ring (bicyclic) bond motifs is 10. The zero-order valence-corrected chi connectivity index (χ0v) is 33.3. The number of cyclic esters (lactones) is 1. The maximum absolute atomic E-state index is 13.3. The molecule has 7 heterocycles. The predicted octanol–water partition coefficient (Wildman–Crippen LogP) is 3.90. The molecule has 0 unspecified atom stereocenters. The van der Waals surface area contributed by atoms with Gasteiger partial charge in [0.15, 0.2) is 17.7 Å². The van der Waals surface area contributed by atoms with Crippen LogP contribution < -0.4 is 11.1 Å². The Bertz CT molecular complexity index is 3040. The number of aromatic nitrogens is 4. The molecule has 2 aromatic carbocycles. The van der Waals surface area contributed by atoms with Gasteiger partial charge in [0.2, 0.25) is 0 Å². The van der Waals surface area contributed by atoms with Crippen LogP contribution in [0.5, 0.6) is 11.5 Å².